The zero-order chi connectivity index (χ0) is 15.7. The molecule has 1 N–H and O–H groups in total. The second-order valence-electron chi connectivity index (χ2n) is 4.91. The summed E-state index contributed by atoms with van der Waals surface area (Å²) >= 11 is 11.8. The zero-order valence-corrected chi connectivity index (χ0v) is 13.0. The highest BCUT2D eigenvalue weighted by Gasteiger charge is 2.21. The van der Waals surface area contributed by atoms with Crippen LogP contribution in [0.25, 0.3) is 6.08 Å². The number of allylic oxidation sites excluding steroid dienone is 1. The van der Waals surface area contributed by atoms with E-state index in [1.165, 1.54) is 12.1 Å². The summed E-state index contributed by atoms with van der Waals surface area (Å²) in [6.45, 7) is 0. The summed E-state index contributed by atoms with van der Waals surface area (Å²) in [5.41, 5.74) is 2.97. The molecule has 3 nitrogen and oxygen atoms in total. The van der Waals surface area contributed by atoms with Crippen molar-refractivity contribution in [1.82, 2.24) is 0 Å². The molecule has 0 saturated carbocycles. The van der Waals surface area contributed by atoms with Crippen molar-refractivity contribution in [3.8, 4) is 0 Å². The number of carbonyl (C=O) groups is 1. The van der Waals surface area contributed by atoms with Gasteiger partial charge in [-0.1, -0.05) is 41.4 Å². The standard InChI is InChI=1S/C16H11BCl2NO2/c18-13-6-4-11(8-14(13)19)15(21)7-5-10-2-1-3-12-9-17-20(22)16(10)12/h1-8,22H,9H2/b7-5+. The van der Waals surface area contributed by atoms with Gasteiger partial charge in [0.15, 0.2) is 5.78 Å². The van der Waals surface area contributed by atoms with Crippen molar-refractivity contribution in [1.29, 1.82) is 0 Å². The van der Waals surface area contributed by atoms with Gasteiger partial charge in [0.05, 0.1) is 15.7 Å². The molecule has 0 aliphatic carbocycles. The van der Waals surface area contributed by atoms with Crippen LogP contribution in [0, 0.1) is 0 Å². The molecule has 1 aliphatic heterocycles. The fraction of sp³-hybridized carbons (Fsp3) is 0.0625. The molecule has 0 aromatic heterocycles. The third-order valence-corrected chi connectivity index (χ3v) is 4.22. The molecule has 2 aromatic carbocycles. The maximum Gasteiger partial charge on any atom is 0.290 e. The lowest BCUT2D eigenvalue weighted by molar-refractivity contribution is 0.104. The number of ketones is 1. The Hall–Kier alpha value is -1.75. The summed E-state index contributed by atoms with van der Waals surface area (Å²) in [5.74, 6) is -0.178. The van der Waals surface area contributed by atoms with Gasteiger partial charge >= 0.3 is 0 Å². The van der Waals surface area contributed by atoms with Crippen molar-refractivity contribution < 1.29 is 10.0 Å². The molecule has 0 unspecified atom stereocenters. The maximum atomic E-state index is 12.2. The Kier molecular flexibility index (Phi) is 4.25. The van der Waals surface area contributed by atoms with Crippen LogP contribution in [0.5, 0.6) is 0 Å². The molecule has 1 aliphatic rings. The minimum atomic E-state index is -0.178. The Morgan fingerprint density at radius 1 is 1.23 bits per heavy atom. The van der Waals surface area contributed by atoms with Gasteiger partial charge in [-0.25, -0.2) is 0 Å². The predicted molar refractivity (Wildman–Crippen MR) is 90.0 cm³/mol. The summed E-state index contributed by atoms with van der Waals surface area (Å²) < 4.78 is 0. The van der Waals surface area contributed by atoms with E-state index in [9.17, 15) is 10.0 Å². The van der Waals surface area contributed by atoms with Crippen molar-refractivity contribution in [3.63, 3.8) is 0 Å². The van der Waals surface area contributed by atoms with Crippen LogP contribution >= 0.6 is 23.2 Å². The number of halogens is 2. The van der Waals surface area contributed by atoms with E-state index >= 15 is 0 Å². The molecule has 1 heterocycles. The molecule has 1 radical (unpaired) electrons. The van der Waals surface area contributed by atoms with Crippen molar-refractivity contribution in [2.24, 2.45) is 0 Å². The highest BCUT2D eigenvalue weighted by atomic mass is 35.5. The lowest BCUT2D eigenvalue weighted by atomic mass is 9.90. The number of nitrogens with zero attached hydrogens (tertiary/aromatic N) is 1. The van der Waals surface area contributed by atoms with E-state index in [1.807, 2.05) is 18.2 Å². The second-order valence-corrected chi connectivity index (χ2v) is 5.73. The number of hydrogen-bond donors (Lipinski definition) is 1. The summed E-state index contributed by atoms with van der Waals surface area (Å²) in [5, 5.41) is 10.6. The molecule has 0 fully saturated rings. The molecular formula is C16H11BCl2NO2. The van der Waals surface area contributed by atoms with E-state index in [2.05, 4.69) is 0 Å². The van der Waals surface area contributed by atoms with E-state index in [1.54, 1.807) is 25.6 Å². The van der Waals surface area contributed by atoms with Crippen LogP contribution in [0.2, 0.25) is 10.0 Å². The highest BCUT2D eigenvalue weighted by molar-refractivity contribution is 6.43. The molecule has 0 atom stereocenters. The van der Waals surface area contributed by atoms with Gasteiger partial charge < -0.3 is 10.2 Å². The first-order valence-electron chi connectivity index (χ1n) is 6.67. The van der Waals surface area contributed by atoms with E-state index in [-0.39, 0.29) is 5.78 Å². The molecule has 3 rings (SSSR count). The number of hydrogen-bond acceptors (Lipinski definition) is 3. The van der Waals surface area contributed by atoms with Gasteiger partial charge in [-0.05, 0) is 47.8 Å². The SMILES string of the molecule is O=C(/C=C/c1cccc2c1N(O)[B]C2)c1ccc(Cl)c(Cl)c1. The summed E-state index contributed by atoms with van der Waals surface area (Å²) in [7, 11) is 1.68. The number of para-hydroxylation sites is 1. The van der Waals surface area contributed by atoms with Crippen LogP contribution in [0.4, 0.5) is 5.69 Å². The third-order valence-electron chi connectivity index (χ3n) is 3.48. The Balaban J connectivity index is 1.87. The summed E-state index contributed by atoms with van der Waals surface area (Å²) in [6.07, 6.45) is 3.82. The molecule has 0 spiro atoms. The van der Waals surface area contributed by atoms with Gasteiger partial charge in [0.1, 0.15) is 0 Å². The average Bonchev–Trinajstić information content (AvgIpc) is 2.90. The van der Waals surface area contributed by atoms with Crippen molar-refractivity contribution in [2.75, 3.05) is 4.97 Å². The molecule has 0 amide bonds. The smallest absolute Gasteiger partial charge is 0.290 e. The van der Waals surface area contributed by atoms with E-state index in [4.69, 9.17) is 23.2 Å². The maximum absolute atomic E-state index is 12.2. The predicted octanol–water partition coefficient (Wildman–Crippen LogP) is 4.22. The van der Waals surface area contributed by atoms with Gasteiger partial charge in [0, 0.05) is 5.56 Å². The molecule has 6 heteroatoms. The Bertz CT molecular complexity index is 777. The number of benzene rings is 2. The van der Waals surface area contributed by atoms with E-state index in [0.29, 0.717) is 27.6 Å². The fourth-order valence-electron chi connectivity index (χ4n) is 2.38. The van der Waals surface area contributed by atoms with Crippen LogP contribution in [-0.4, -0.2) is 18.4 Å². The van der Waals surface area contributed by atoms with Gasteiger partial charge in [0.25, 0.3) is 7.41 Å². The Morgan fingerprint density at radius 2 is 2.05 bits per heavy atom. The van der Waals surface area contributed by atoms with Gasteiger partial charge in [-0.2, -0.15) is 0 Å². The monoisotopic (exact) mass is 330 g/mol. The lowest BCUT2D eigenvalue weighted by Crippen LogP contribution is -2.18. The van der Waals surface area contributed by atoms with Crippen LogP contribution in [0.1, 0.15) is 21.5 Å². The van der Waals surface area contributed by atoms with Crippen molar-refractivity contribution in [3.05, 3.63) is 69.2 Å². The molecule has 2 aromatic rings. The first kappa shape index (κ1) is 15.2. The average molecular weight is 331 g/mol. The third kappa shape index (κ3) is 2.90. The molecule has 0 bridgehead atoms. The molecule has 22 heavy (non-hydrogen) atoms. The van der Waals surface area contributed by atoms with Gasteiger partial charge in [-0.3, -0.25) is 4.79 Å². The first-order valence-corrected chi connectivity index (χ1v) is 7.42. The van der Waals surface area contributed by atoms with Crippen LogP contribution in [-0.2, 0) is 6.32 Å². The molecule has 0 saturated heterocycles. The van der Waals surface area contributed by atoms with Crippen molar-refractivity contribution in [2.45, 2.75) is 6.32 Å². The van der Waals surface area contributed by atoms with Crippen LogP contribution in [0.3, 0.4) is 0 Å². The largest absolute Gasteiger partial charge is 0.308 e. The first-order chi connectivity index (χ1) is 10.6. The van der Waals surface area contributed by atoms with Gasteiger partial charge in [-0.15, -0.1) is 0 Å². The topological polar surface area (TPSA) is 40.5 Å². The molecular weight excluding hydrogens is 320 g/mol. The number of rotatable bonds is 3. The lowest BCUT2D eigenvalue weighted by Gasteiger charge is -2.13. The van der Waals surface area contributed by atoms with Crippen molar-refractivity contribution >= 4 is 48.2 Å². The van der Waals surface area contributed by atoms with E-state index in [0.717, 1.165) is 16.1 Å². The Labute approximate surface area is 139 Å². The number of fused-ring (bicyclic) bond motifs is 1. The normalized spacial score (nSPS) is 13.3. The summed E-state index contributed by atoms with van der Waals surface area (Å²) in [6, 6.07) is 10.4. The second kappa shape index (κ2) is 6.17. The Morgan fingerprint density at radius 3 is 2.82 bits per heavy atom. The van der Waals surface area contributed by atoms with E-state index < -0.39 is 0 Å². The minimum absolute atomic E-state index is 0.178. The molecule has 109 valence electrons. The number of anilines is 1. The number of carbonyl (C=O) groups excluding carboxylic acids is 1. The highest BCUT2D eigenvalue weighted by Crippen LogP contribution is 2.30. The fourth-order valence-corrected chi connectivity index (χ4v) is 2.68. The zero-order valence-electron chi connectivity index (χ0n) is 11.5. The summed E-state index contributed by atoms with van der Waals surface area (Å²) in [4.78, 5) is 13.3. The minimum Gasteiger partial charge on any atom is -0.308 e. The van der Waals surface area contributed by atoms with Gasteiger partial charge in [0.2, 0.25) is 0 Å². The quantitative estimate of drug-likeness (QED) is 0.520. The van der Waals surface area contributed by atoms with Crippen LogP contribution in [0.15, 0.2) is 42.5 Å². The van der Waals surface area contributed by atoms with Crippen LogP contribution < -0.4 is 4.97 Å².